The van der Waals surface area contributed by atoms with E-state index in [4.69, 9.17) is 9.47 Å². The second kappa shape index (κ2) is 6.28. The molecule has 0 saturated heterocycles. The molecule has 0 unspecified atom stereocenters. The van der Waals surface area contributed by atoms with Crippen molar-refractivity contribution >= 4 is 0 Å². The summed E-state index contributed by atoms with van der Waals surface area (Å²) in [4.78, 5) is 0. The predicted octanol–water partition coefficient (Wildman–Crippen LogP) is 2.84. The van der Waals surface area contributed by atoms with Crippen molar-refractivity contribution in [2.24, 2.45) is 0 Å². The second-order valence-corrected chi connectivity index (χ2v) is 5.53. The zero-order valence-corrected chi connectivity index (χ0v) is 12.9. The Morgan fingerprint density at radius 1 is 1.09 bits per heavy atom. The number of rotatable bonds is 4. The first kappa shape index (κ1) is 14.7. The van der Waals surface area contributed by atoms with Gasteiger partial charge in [-0.1, -0.05) is 12.1 Å². The van der Waals surface area contributed by atoms with E-state index in [2.05, 4.69) is 17.4 Å². The van der Waals surface area contributed by atoms with Crippen molar-refractivity contribution in [1.29, 1.82) is 0 Å². The fraction of sp³-hybridized carbons (Fsp3) is 0.333. The van der Waals surface area contributed by atoms with E-state index >= 15 is 0 Å². The highest BCUT2D eigenvalue weighted by atomic mass is 16.5. The minimum absolute atomic E-state index is 0.244. The monoisotopic (exact) mass is 299 g/mol. The van der Waals surface area contributed by atoms with E-state index in [9.17, 15) is 5.11 Å². The number of ether oxygens (including phenoxy) is 2. The number of hydrogen-bond acceptors (Lipinski definition) is 4. The average Bonchev–Trinajstić information content (AvgIpc) is 2.56. The Labute approximate surface area is 130 Å². The Morgan fingerprint density at radius 3 is 2.45 bits per heavy atom. The Balaban J connectivity index is 1.91. The first-order valence-electron chi connectivity index (χ1n) is 7.47. The summed E-state index contributed by atoms with van der Waals surface area (Å²) in [6, 6.07) is 11.8. The summed E-state index contributed by atoms with van der Waals surface area (Å²) in [5.41, 5.74) is 3.76. The molecular weight excluding hydrogens is 278 g/mol. The van der Waals surface area contributed by atoms with Gasteiger partial charge in [0.2, 0.25) is 0 Å². The lowest BCUT2D eigenvalue weighted by Crippen LogP contribution is -2.31. The van der Waals surface area contributed by atoms with Gasteiger partial charge in [0.25, 0.3) is 0 Å². The zero-order valence-electron chi connectivity index (χ0n) is 12.9. The molecule has 0 aliphatic carbocycles. The Kier molecular flexibility index (Phi) is 4.20. The third-order valence-electron chi connectivity index (χ3n) is 4.18. The molecule has 1 aliphatic rings. The van der Waals surface area contributed by atoms with Crippen LogP contribution in [-0.2, 0) is 12.8 Å². The second-order valence-electron chi connectivity index (χ2n) is 5.53. The van der Waals surface area contributed by atoms with Crippen LogP contribution in [0, 0.1) is 0 Å². The van der Waals surface area contributed by atoms with E-state index in [1.165, 1.54) is 16.7 Å². The fourth-order valence-electron chi connectivity index (χ4n) is 3.02. The van der Waals surface area contributed by atoms with Gasteiger partial charge in [0.05, 0.1) is 14.2 Å². The zero-order chi connectivity index (χ0) is 15.5. The highest BCUT2D eigenvalue weighted by Gasteiger charge is 2.22. The third kappa shape index (κ3) is 2.88. The van der Waals surface area contributed by atoms with Gasteiger partial charge in [-0.2, -0.15) is 0 Å². The molecule has 2 aromatic rings. The minimum Gasteiger partial charge on any atom is -0.508 e. The smallest absolute Gasteiger partial charge is 0.161 e. The van der Waals surface area contributed by atoms with E-state index in [0.717, 1.165) is 30.9 Å². The summed E-state index contributed by atoms with van der Waals surface area (Å²) in [6.45, 7) is 0.950. The van der Waals surface area contributed by atoms with Crippen molar-refractivity contribution in [3.63, 3.8) is 0 Å². The lowest BCUT2D eigenvalue weighted by molar-refractivity contribution is 0.352. The molecule has 0 radical (unpaired) electrons. The van der Waals surface area contributed by atoms with Crippen molar-refractivity contribution in [1.82, 2.24) is 5.32 Å². The maximum atomic E-state index is 9.40. The van der Waals surface area contributed by atoms with Gasteiger partial charge in [0.1, 0.15) is 5.75 Å². The fourth-order valence-corrected chi connectivity index (χ4v) is 3.02. The van der Waals surface area contributed by atoms with Gasteiger partial charge in [0, 0.05) is 6.04 Å². The number of benzene rings is 2. The number of phenolic OH excluding ortho intramolecular Hbond substituents is 1. The van der Waals surface area contributed by atoms with E-state index in [1.54, 1.807) is 26.4 Å². The molecule has 1 aliphatic heterocycles. The highest BCUT2D eigenvalue weighted by molar-refractivity contribution is 5.49. The van der Waals surface area contributed by atoms with Gasteiger partial charge in [-0.3, -0.25) is 0 Å². The molecule has 3 rings (SSSR count). The van der Waals surface area contributed by atoms with Crippen molar-refractivity contribution in [3.05, 3.63) is 53.1 Å². The molecule has 1 atom stereocenters. The van der Waals surface area contributed by atoms with Crippen LogP contribution >= 0.6 is 0 Å². The molecule has 2 N–H and O–H groups in total. The number of phenols is 1. The summed E-state index contributed by atoms with van der Waals surface area (Å²) in [7, 11) is 3.33. The molecule has 0 spiro atoms. The standard InChI is InChI=1S/C18H21NO3/c1-21-17-10-13-7-8-19-16(15(13)11-18(17)22-2)9-12-3-5-14(20)6-4-12/h3-6,10-11,16,19-20H,7-9H2,1-2H3/t16-/m1/s1. The molecule has 0 saturated carbocycles. The Morgan fingerprint density at radius 2 is 1.77 bits per heavy atom. The van der Waals surface area contributed by atoms with Crippen LogP contribution in [0.4, 0.5) is 0 Å². The summed E-state index contributed by atoms with van der Waals surface area (Å²) in [5.74, 6) is 1.85. The maximum Gasteiger partial charge on any atom is 0.161 e. The van der Waals surface area contributed by atoms with Gasteiger partial charge in [0.15, 0.2) is 11.5 Å². The number of nitrogens with one attached hydrogen (secondary N) is 1. The number of methoxy groups -OCH3 is 2. The van der Waals surface area contributed by atoms with Gasteiger partial charge >= 0.3 is 0 Å². The molecule has 0 bridgehead atoms. The van der Waals surface area contributed by atoms with Crippen LogP contribution in [0.1, 0.15) is 22.7 Å². The van der Waals surface area contributed by atoms with Crippen molar-refractivity contribution in [2.75, 3.05) is 20.8 Å². The van der Waals surface area contributed by atoms with E-state index in [-0.39, 0.29) is 6.04 Å². The molecule has 0 aromatic heterocycles. The summed E-state index contributed by atoms with van der Waals surface area (Å²) < 4.78 is 10.8. The SMILES string of the molecule is COc1cc2c(cc1OC)[C@@H](Cc1ccc(O)cc1)NCC2. The maximum absolute atomic E-state index is 9.40. The largest absolute Gasteiger partial charge is 0.508 e. The van der Waals surface area contributed by atoms with Crippen LogP contribution in [0.5, 0.6) is 17.2 Å². The van der Waals surface area contributed by atoms with Crippen molar-refractivity contribution in [3.8, 4) is 17.2 Å². The number of hydrogen-bond donors (Lipinski definition) is 2. The van der Waals surface area contributed by atoms with E-state index < -0.39 is 0 Å². The van der Waals surface area contributed by atoms with Gasteiger partial charge in [-0.05, 0) is 60.3 Å². The Bertz CT molecular complexity index is 652. The highest BCUT2D eigenvalue weighted by Crippen LogP contribution is 2.36. The van der Waals surface area contributed by atoms with Gasteiger partial charge in [-0.15, -0.1) is 0 Å². The third-order valence-corrected chi connectivity index (χ3v) is 4.18. The van der Waals surface area contributed by atoms with E-state index in [1.807, 2.05) is 12.1 Å². The van der Waals surface area contributed by atoms with Crippen LogP contribution in [-0.4, -0.2) is 25.9 Å². The van der Waals surface area contributed by atoms with E-state index in [0.29, 0.717) is 5.75 Å². The molecule has 4 nitrogen and oxygen atoms in total. The van der Waals surface area contributed by atoms with Gasteiger partial charge < -0.3 is 19.9 Å². The molecule has 22 heavy (non-hydrogen) atoms. The molecule has 0 fully saturated rings. The molecular formula is C18H21NO3. The molecule has 2 aromatic carbocycles. The van der Waals surface area contributed by atoms with Crippen LogP contribution in [0.2, 0.25) is 0 Å². The number of aromatic hydroxyl groups is 1. The molecule has 0 amide bonds. The van der Waals surface area contributed by atoms with Gasteiger partial charge in [-0.25, -0.2) is 0 Å². The summed E-state index contributed by atoms with van der Waals surface area (Å²) in [5, 5.41) is 13.0. The van der Waals surface area contributed by atoms with Crippen LogP contribution in [0.15, 0.2) is 36.4 Å². The lowest BCUT2D eigenvalue weighted by atomic mass is 9.90. The van der Waals surface area contributed by atoms with Crippen LogP contribution in [0.3, 0.4) is 0 Å². The van der Waals surface area contributed by atoms with Crippen LogP contribution < -0.4 is 14.8 Å². The molecule has 4 heteroatoms. The lowest BCUT2D eigenvalue weighted by Gasteiger charge is -2.28. The minimum atomic E-state index is 0.244. The summed E-state index contributed by atoms with van der Waals surface area (Å²) >= 11 is 0. The number of fused-ring (bicyclic) bond motifs is 1. The van der Waals surface area contributed by atoms with Crippen molar-refractivity contribution < 1.29 is 14.6 Å². The Hall–Kier alpha value is -2.20. The average molecular weight is 299 g/mol. The summed E-state index contributed by atoms with van der Waals surface area (Å²) in [6.07, 6.45) is 1.87. The molecule has 116 valence electrons. The topological polar surface area (TPSA) is 50.7 Å². The first-order valence-corrected chi connectivity index (χ1v) is 7.47. The van der Waals surface area contributed by atoms with Crippen molar-refractivity contribution in [2.45, 2.75) is 18.9 Å². The normalized spacial score (nSPS) is 16.9. The van der Waals surface area contributed by atoms with Crippen LogP contribution in [0.25, 0.3) is 0 Å². The first-order chi connectivity index (χ1) is 10.7. The molecule has 1 heterocycles. The predicted molar refractivity (Wildman–Crippen MR) is 85.8 cm³/mol. The quantitative estimate of drug-likeness (QED) is 0.911.